The van der Waals surface area contributed by atoms with Crippen LogP contribution >= 0.6 is 23.5 Å². The average Bonchev–Trinajstić information content (AvgIpc) is 3.33. The minimum atomic E-state index is -1.96. The normalized spacial score (nSPS) is 14.9. The summed E-state index contributed by atoms with van der Waals surface area (Å²) in [5.74, 6) is -7.67. The van der Waals surface area contributed by atoms with E-state index in [1.54, 1.807) is 26.4 Å². The smallest absolute Gasteiger partial charge is 0.326 e. The summed E-state index contributed by atoms with van der Waals surface area (Å²) in [6.07, 6.45) is 4.03. The van der Waals surface area contributed by atoms with Crippen molar-refractivity contribution >= 4 is 76.8 Å². The quantitative estimate of drug-likeness (QED) is 0.0427. The Balaban J connectivity index is 2.48. The molecule has 8 unspecified atom stereocenters. The zero-order valence-electron chi connectivity index (χ0n) is 43.0. The van der Waals surface area contributed by atoms with Crippen molar-refractivity contribution in [2.24, 2.45) is 29.0 Å². The maximum absolute atomic E-state index is 14.5. The van der Waals surface area contributed by atoms with Crippen LogP contribution in [-0.4, -0.2) is 142 Å². The number of amides is 8. The van der Waals surface area contributed by atoms with Gasteiger partial charge in [-0.25, -0.2) is 4.79 Å². The van der Waals surface area contributed by atoms with Crippen LogP contribution in [0.3, 0.4) is 0 Å². The second-order valence-corrected chi connectivity index (χ2v) is 20.8. The molecule has 406 valence electrons. The van der Waals surface area contributed by atoms with E-state index in [1.165, 1.54) is 54.7 Å². The molecule has 0 aliphatic rings. The monoisotopic (exact) mass is 1060 g/mol. The zero-order valence-corrected chi connectivity index (χ0v) is 44.6. The van der Waals surface area contributed by atoms with E-state index >= 15 is 0 Å². The highest BCUT2D eigenvalue weighted by Crippen LogP contribution is 2.18. The molecule has 0 saturated heterocycles. The zero-order chi connectivity index (χ0) is 54.8. The molecule has 73 heavy (non-hydrogen) atoms. The van der Waals surface area contributed by atoms with Crippen LogP contribution in [0.15, 0.2) is 54.6 Å². The van der Waals surface area contributed by atoms with Crippen LogP contribution in [0.4, 0.5) is 0 Å². The Bertz CT molecular complexity index is 2140. The van der Waals surface area contributed by atoms with Gasteiger partial charge in [0.1, 0.15) is 47.5 Å². The van der Waals surface area contributed by atoms with E-state index in [-0.39, 0.29) is 55.9 Å². The lowest BCUT2D eigenvalue weighted by molar-refractivity contribution is -0.143. The number of carboxylic acids is 1. The summed E-state index contributed by atoms with van der Waals surface area (Å²) in [4.78, 5) is 122. The number of carboxylic acid groups (broad SMARTS) is 1. The van der Waals surface area contributed by atoms with Gasteiger partial charge < -0.3 is 64.6 Å². The van der Waals surface area contributed by atoms with Gasteiger partial charge in [0.05, 0.1) is 6.04 Å². The highest BCUT2D eigenvalue weighted by atomic mass is 32.2. The van der Waals surface area contributed by atoms with Crippen molar-refractivity contribution in [3.63, 3.8) is 0 Å². The van der Waals surface area contributed by atoms with Crippen molar-refractivity contribution in [3.05, 3.63) is 65.7 Å². The van der Waals surface area contributed by atoms with Crippen molar-refractivity contribution in [3.8, 4) is 5.75 Å². The lowest BCUT2D eigenvalue weighted by Crippen LogP contribution is -2.64. The summed E-state index contributed by atoms with van der Waals surface area (Å²) in [5, 5.41) is 38.4. The number of phenolic OH excluding ortho intramolecular Hbond substituents is 1. The van der Waals surface area contributed by atoms with Crippen LogP contribution in [0.2, 0.25) is 0 Å². The van der Waals surface area contributed by atoms with Crippen molar-refractivity contribution in [2.75, 3.05) is 30.6 Å². The number of hydrogen-bond acceptors (Lipinski definition) is 14. The summed E-state index contributed by atoms with van der Waals surface area (Å²) >= 11 is 2.58. The van der Waals surface area contributed by atoms with Gasteiger partial charge in [0.15, 0.2) is 0 Å². The number of rotatable bonds is 34. The molecule has 0 spiro atoms. The number of carbonyl (C=O) groups is 9. The first-order chi connectivity index (χ1) is 34.4. The number of primary amides is 1. The first-order valence-electron chi connectivity index (χ1n) is 24.4. The van der Waals surface area contributed by atoms with Crippen molar-refractivity contribution in [1.82, 2.24) is 37.2 Å². The molecule has 0 heterocycles. The fraction of sp³-hybridized carbons (Fsp3) is 0.580. The predicted octanol–water partition coefficient (Wildman–Crippen LogP) is 0.586. The number of phenols is 1. The van der Waals surface area contributed by atoms with Gasteiger partial charge in [-0.2, -0.15) is 23.5 Å². The number of nitrogens with two attached hydrogens (primary N) is 3. The van der Waals surface area contributed by atoms with E-state index in [0.717, 1.165) is 5.56 Å². The van der Waals surface area contributed by atoms with Gasteiger partial charge in [-0.1, -0.05) is 70.2 Å². The van der Waals surface area contributed by atoms with E-state index in [0.29, 0.717) is 30.7 Å². The van der Waals surface area contributed by atoms with Crippen LogP contribution in [-0.2, 0) is 56.0 Å². The van der Waals surface area contributed by atoms with Gasteiger partial charge in [-0.3, -0.25) is 38.4 Å². The number of carbonyl (C=O) groups excluding carboxylic acids is 8. The summed E-state index contributed by atoms with van der Waals surface area (Å²) in [6, 6.07) is 6.43. The van der Waals surface area contributed by atoms with E-state index in [2.05, 4.69) is 37.2 Å². The maximum atomic E-state index is 14.5. The maximum Gasteiger partial charge on any atom is 0.326 e. The molecule has 0 radical (unpaired) electrons. The number of aliphatic carboxylic acids is 1. The molecule has 0 aliphatic carbocycles. The van der Waals surface area contributed by atoms with Gasteiger partial charge in [0, 0.05) is 18.6 Å². The Morgan fingerprint density at radius 2 is 1.19 bits per heavy atom. The van der Waals surface area contributed by atoms with E-state index in [1.807, 2.05) is 44.2 Å². The topological polar surface area (TPSA) is 356 Å². The fourth-order valence-electron chi connectivity index (χ4n) is 7.50. The molecule has 0 bridgehead atoms. The summed E-state index contributed by atoms with van der Waals surface area (Å²) in [5.41, 5.74) is 16.8. The van der Waals surface area contributed by atoms with Crippen LogP contribution in [0.25, 0.3) is 0 Å². The molecule has 2 aromatic carbocycles. The van der Waals surface area contributed by atoms with E-state index in [4.69, 9.17) is 17.2 Å². The number of hydrogen-bond donors (Lipinski definition) is 12. The molecule has 0 aliphatic heterocycles. The second kappa shape index (κ2) is 32.3. The molecule has 21 nitrogen and oxygen atoms in total. The molecule has 15 N–H and O–H groups in total. The third kappa shape index (κ3) is 22.8. The minimum absolute atomic E-state index is 0.0321. The Hall–Kier alpha value is -5.91. The average molecular weight is 1060 g/mol. The van der Waals surface area contributed by atoms with Crippen LogP contribution in [0, 0.1) is 11.8 Å². The molecule has 23 heteroatoms. The van der Waals surface area contributed by atoms with E-state index in [9.17, 15) is 53.4 Å². The first-order valence-corrected chi connectivity index (χ1v) is 27.1. The Labute approximate surface area is 437 Å². The van der Waals surface area contributed by atoms with Gasteiger partial charge in [-0.15, -0.1) is 0 Å². The van der Waals surface area contributed by atoms with Gasteiger partial charge in [0.25, 0.3) is 0 Å². The van der Waals surface area contributed by atoms with Gasteiger partial charge >= 0.3 is 5.97 Å². The molecular formula is C50H78N10O11S2. The predicted molar refractivity (Wildman–Crippen MR) is 283 cm³/mol. The molecule has 8 atom stereocenters. The lowest BCUT2D eigenvalue weighted by Gasteiger charge is -2.33. The Morgan fingerprint density at radius 3 is 1.75 bits per heavy atom. The molecule has 8 amide bonds. The third-order valence-electron chi connectivity index (χ3n) is 11.8. The summed E-state index contributed by atoms with van der Waals surface area (Å²) in [7, 11) is 0. The van der Waals surface area contributed by atoms with Crippen LogP contribution in [0.1, 0.15) is 90.7 Å². The largest absolute Gasteiger partial charge is 0.508 e. The number of aromatic hydroxyl groups is 1. The lowest BCUT2D eigenvalue weighted by atomic mass is 9.92. The molecule has 2 rings (SSSR count). The molecule has 2 aromatic rings. The Kier molecular flexibility index (Phi) is 28.0. The highest BCUT2D eigenvalue weighted by Gasteiger charge is 2.40. The second-order valence-electron chi connectivity index (χ2n) is 18.9. The van der Waals surface area contributed by atoms with Crippen molar-refractivity contribution in [2.45, 2.75) is 140 Å². The van der Waals surface area contributed by atoms with E-state index < -0.39 is 113 Å². The molecule has 0 fully saturated rings. The highest BCUT2D eigenvalue weighted by molar-refractivity contribution is 7.98. The number of nitrogens with one attached hydrogen (secondary N) is 7. The first kappa shape index (κ1) is 63.2. The third-order valence-corrected chi connectivity index (χ3v) is 13.1. The summed E-state index contributed by atoms with van der Waals surface area (Å²) in [6.45, 7) is 8.59. The summed E-state index contributed by atoms with van der Waals surface area (Å²) < 4.78 is 0. The van der Waals surface area contributed by atoms with Crippen LogP contribution < -0.4 is 54.4 Å². The fourth-order valence-corrected chi connectivity index (χ4v) is 8.54. The van der Waals surface area contributed by atoms with Crippen molar-refractivity contribution in [1.29, 1.82) is 0 Å². The van der Waals surface area contributed by atoms with Crippen molar-refractivity contribution < 1.29 is 53.4 Å². The number of unbranched alkanes of at least 4 members (excludes halogenated alkanes) is 1. The standard InChI is InChI=1S/C50H78N10O11S2/c1-29(2)25-37(55-42(63)34(52)26-31-13-9-8-10-14-31)45(66)56-38(27-32-16-18-33(61)19-17-32)47(68)60-50(5,22-20-40(53)62)49(71)58-36(21-24-72-6)43(64)57-39(28-73-7)46(67)54-35(15-11-12-23-51)44(65)59-41(30(3)4)48(69)70/h8-10,13-14,16-19,29-30,34-39,41,61H,11-12,15,20-28,51-52H2,1-7H3,(H2,53,62)(H,54,67)(H,55,63)(H,56,66)(H,57,64)(H,58,71)(H,59,65)(H,60,68)(H,69,70). The Morgan fingerprint density at radius 1 is 0.644 bits per heavy atom. The van der Waals surface area contributed by atoms with Crippen LogP contribution in [0.5, 0.6) is 5.75 Å². The minimum Gasteiger partial charge on any atom is -0.508 e. The van der Waals surface area contributed by atoms with Gasteiger partial charge in [-0.05, 0) is 112 Å². The molecule has 0 saturated carbocycles. The van der Waals surface area contributed by atoms with Gasteiger partial charge in [0.2, 0.25) is 47.3 Å². The SMILES string of the molecule is CSCCC(NC(=O)C(C)(CCC(N)=O)NC(=O)C(Cc1ccc(O)cc1)NC(=O)C(CC(C)C)NC(=O)C(N)Cc1ccccc1)C(=O)NC(CSC)C(=O)NC(CCCCN)C(=O)NC(C(=O)O)C(C)C. The molecular weight excluding hydrogens is 981 g/mol. The number of benzene rings is 2. The molecule has 0 aromatic heterocycles. The number of thioether (sulfide) groups is 2.